The summed E-state index contributed by atoms with van der Waals surface area (Å²) in [5.74, 6) is 0.663. The molecular formula is C17H16BrCl. The van der Waals surface area contributed by atoms with Crippen molar-refractivity contribution in [2.45, 2.75) is 24.1 Å². The average Bonchev–Trinajstić information content (AvgIpc) is 2.45. The fourth-order valence-electron chi connectivity index (χ4n) is 2.90. The third-order valence-electron chi connectivity index (χ3n) is 3.96. The third-order valence-corrected chi connectivity index (χ3v) is 5.45. The molecule has 1 aliphatic rings. The molecule has 0 saturated carbocycles. The van der Waals surface area contributed by atoms with Gasteiger partial charge in [-0.05, 0) is 54.0 Å². The lowest BCUT2D eigenvalue weighted by Crippen LogP contribution is -2.18. The maximum Gasteiger partial charge on any atom is 0.0429 e. The number of halogens is 2. The summed E-state index contributed by atoms with van der Waals surface area (Å²) in [5, 5.41) is 0.813. The molecule has 0 fully saturated rings. The summed E-state index contributed by atoms with van der Waals surface area (Å²) in [7, 11) is 0. The Balaban J connectivity index is 1.79. The summed E-state index contributed by atoms with van der Waals surface area (Å²) in [5.41, 5.74) is 4.34. The number of alkyl halides is 1. The summed E-state index contributed by atoms with van der Waals surface area (Å²) in [6, 6.07) is 17.0. The van der Waals surface area contributed by atoms with Crippen LogP contribution in [0.2, 0.25) is 5.02 Å². The predicted molar refractivity (Wildman–Crippen MR) is 85.1 cm³/mol. The maximum atomic E-state index is 5.94. The molecule has 0 nitrogen and oxygen atoms in total. The number of hydrogen-bond donors (Lipinski definition) is 0. The summed E-state index contributed by atoms with van der Waals surface area (Å²) in [6.45, 7) is 0. The Labute approximate surface area is 127 Å². The third kappa shape index (κ3) is 2.88. The molecule has 2 unspecified atom stereocenters. The van der Waals surface area contributed by atoms with Crippen molar-refractivity contribution < 1.29 is 0 Å². The standard InChI is InChI=1S/C17H16BrCl/c18-17-14(11-12-5-9-15(19)10-6-12)8-7-13-3-1-2-4-16(13)17/h1-6,9-10,14,17H,7-8,11H2. The molecule has 98 valence electrons. The fraction of sp³-hybridized carbons (Fsp3) is 0.294. The SMILES string of the molecule is Clc1ccc(CC2CCc3ccccc3C2Br)cc1. The van der Waals surface area contributed by atoms with Crippen LogP contribution in [0.1, 0.15) is 27.9 Å². The predicted octanol–water partition coefficient (Wildman–Crippen LogP) is 5.58. The lowest BCUT2D eigenvalue weighted by atomic mass is 9.81. The van der Waals surface area contributed by atoms with Gasteiger partial charge in [0.2, 0.25) is 0 Å². The quantitative estimate of drug-likeness (QED) is 0.628. The fourth-order valence-corrected chi connectivity index (χ4v) is 3.92. The molecule has 19 heavy (non-hydrogen) atoms. The van der Waals surface area contributed by atoms with E-state index >= 15 is 0 Å². The minimum atomic E-state index is 0.466. The van der Waals surface area contributed by atoms with Crippen LogP contribution >= 0.6 is 27.5 Å². The second kappa shape index (κ2) is 5.68. The van der Waals surface area contributed by atoms with Crippen LogP contribution in [0.5, 0.6) is 0 Å². The van der Waals surface area contributed by atoms with Crippen LogP contribution in [0.25, 0.3) is 0 Å². The number of rotatable bonds is 2. The van der Waals surface area contributed by atoms with Gasteiger partial charge in [0, 0.05) is 9.85 Å². The molecule has 2 atom stereocenters. The minimum Gasteiger partial charge on any atom is -0.0843 e. The molecule has 2 aromatic rings. The molecule has 0 N–H and O–H groups in total. The van der Waals surface area contributed by atoms with Gasteiger partial charge in [0.1, 0.15) is 0 Å². The van der Waals surface area contributed by atoms with E-state index in [0.29, 0.717) is 10.7 Å². The molecule has 1 aliphatic carbocycles. The van der Waals surface area contributed by atoms with E-state index < -0.39 is 0 Å². The van der Waals surface area contributed by atoms with Crippen molar-refractivity contribution in [3.63, 3.8) is 0 Å². The molecular weight excluding hydrogens is 320 g/mol. The highest BCUT2D eigenvalue weighted by atomic mass is 79.9. The van der Waals surface area contributed by atoms with E-state index in [2.05, 4.69) is 52.3 Å². The largest absolute Gasteiger partial charge is 0.0843 e. The average molecular weight is 336 g/mol. The Hall–Kier alpha value is -0.790. The number of hydrogen-bond acceptors (Lipinski definition) is 0. The maximum absolute atomic E-state index is 5.94. The van der Waals surface area contributed by atoms with Crippen LogP contribution in [-0.2, 0) is 12.8 Å². The summed E-state index contributed by atoms with van der Waals surface area (Å²) >= 11 is 9.84. The normalized spacial score (nSPS) is 22.0. The van der Waals surface area contributed by atoms with Crippen LogP contribution in [0.4, 0.5) is 0 Å². The monoisotopic (exact) mass is 334 g/mol. The van der Waals surface area contributed by atoms with Crippen molar-refractivity contribution in [1.29, 1.82) is 0 Å². The first-order chi connectivity index (χ1) is 9.24. The van der Waals surface area contributed by atoms with Crippen LogP contribution in [-0.4, -0.2) is 0 Å². The van der Waals surface area contributed by atoms with Crippen LogP contribution in [0.15, 0.2) is 48.5 Å². The summed E-state index contributed by atoms with van der Waals surface area (Å²) in [4.78, 5) is 0.466. The molecule has 3 rings (SSSR count). The molecule has 0 spiro atoms. The molecule has 0 aliphatic heterocycles. The van der Waals surface area contributed by atoms with E-state index in [1.165, 1.54) is 29.5 Å². The van der Waals surface area contributed by atoms with E-state index in [-0.39, 0.29) is 0 Å². The van der Waals surface area contributed by atoms with Gasteiger partial charge in [-0.25, -0.2) is 0 Å². The number of aryl methyl sites for hydroxylation is 1. The molecule has 2 heteroatoms. The molecule has 0 aromatic heterocycles. The first-order valence-corrected chi connectivity index (χ1v) is 8.00. The number of fused-ring (bicyclic) bond motifs is 1. The molecule has 2 aromatic carbocycles. The van der Waals surface area contributed by atoms with Crippen LogP contribution in [0, 0.1) is 5.92 Å². The lowest BCUT2D eigenvalue weighted by molar-refractivity contribution is 0.452. The summed E-state index contributed by atoms with van der Waals surface area (Å²) in [6.07, 6.45) is 3.55. The number of benzene rings is 2. The highest BCUT2D eigenvalue weighted by Gasteiger charge is 2.27. The van der Waals surface area contributed by atoms with Gasteiger partial charge in [0.25, 0.3) is 0 Å². The van der Waals surface area contributed by atoms with Gasteiger partial charge < -0.3 is 0 Å². The molecule has 0 saturated heterocycles. The van der Waals surface area contributed by atoms with Gasteiger partial charge in [-0.15, -0.1) is 0 Å². The van der Waals surface area contributed by atoms with Crippen LogP contribution in [0.3, 0.4) is 0 Å². The van der Waals surface area contributed by atoms with Crippen molar-refractivity contribution in [2.24, 2.45) is 5.92 Å². The zero-order valence-electron chi connectivity index (χ0n) is 10.7. The second-order valence-corrected chi connectivity index (χ2v) is 6.65. The van der Waals surface area contributed by atoms with Gasteiger partial charge >= 0.3 is 0 Å². The Morgan fingerprint density at radius 1 is 1.05 bits per heavy atom. The first-order valence-electron chi connectivity index (χ1n) is 6.70. The highest BCUT2D eigenvalue weighted by molar-refractivity contribution is 9.09. The van der Waals surface area contributed by atoms with Gasteiger partial charge in [0.15, 0.2) is 0 Å². The topological polar surface area (TPSA) is 0 Å². The molecule has 0 radical (unpaired) electrons. The zero-order chi connectivity index (χ0) is 13.2. The lowest BCUT2D eigenvalue weighted by Gasteiger charge is -2.30. The van der Waals surface area contributed by atoms with Crippen molar-refractivity contribution in [3.8, 4) is 0 Å². The van der Waals surface area contributed by atoms with E-state index in [1.54, 1.807) is 0 Å². The van der Waals surface area contributed by atoms with Gasteiger partial charge in [0.05, 0.1) is 0 Å². The van der Waals surface area contributed by atoms with Crippen molar-refractivity contribution in [1.82, 2.24) is 0 Å². The first kappa shape index (κ1) is 13.2. The smallest absolute Gasteiger partial charge is 0.0429 e. The van der Waals surface area contributed by atoms with E-state index in [9.17, 15) is 0 Å². The van der Waals surface area contributed by atoms with Gasteiger partial charge in [-0.2, -0.15) is 0 Å². The van der Waals surface area contributed by atoms with E-state index in [1.807, 2.05) is 12.1 Å². The summed E-state index contributed by atoms with van der Waals surface area (Å²) < 4.78 is 0. The Bertz CT molecular complexity index is 562. The minimum absolute atomic E-state index is 0.466. The van der Waals surface area contributed by atoms with Crippen molar-refractivity contribution in [2.75, 3.05) is 0 Å². The van der Waals surface area contributed by atoms with Gasteiger partial charge in [-0.3, -0.25) is 0 Å². The van der Waals surface area contributed by atoms with E-state index in [4.69, 9.17) is 11.6 Å². The van der Waals surface area contributed by atoms with Crippen molar-refractivity contribution in [3.05, 3.63) is 70.2 Å². The second-order valence-electron chi connectivity index (χ2n) is 5.23. The Morgan fingerprint density at radius 2 is 1.79 bits per heavy atom. The Morgan fingerprint density at radius 3 is 2.58 bits per heavy atom. The van der Waals surface area contributed by atoms with Gasteiger partial charge in [-0.1, -0.05) is 63.9 Å². The highest BCUT2D eigenvalue weighted by Crippen LogP contribution is 2.41. The van der Waals surface area contributed by atoms with Crippen LogP contribution < -0.4 is 0 Å². The van der Waals surface area contributed by atoms with E-state index in [0.717, 1.165) is 11.4 Å². The molecule has 0 heterocycles. The molecule has 0 bridgehead atoms. The molecule has 0 amide bonds. The zero-order valence-corrected chi connectivity index (χ0v) is 13.0. The Kier molecular flexibility index (Phi) is 3.95. The van der Waals surface area contributed by atoms with Crippen molar-refractivity contribution >= 4 is 27.5 Å².